The maximum Gasteiger partial charge on any atom is 0.123 e. The van der Waals surface area contributed by atoms with E-state index < -0.39 is 0 Å². The van der Waals surface area contributed by atoms with Gasteiger partial charge in [0.15, 0.2) is 0 Å². The van der Waals surface area contributed by atoms with Gasteiger partial charge in [0.1, 0.15) is 5.82 Å². The second-order valence-electron chi connectivity index (χ2n) is 6.40. The minimum atomic E-state index is -0.161. The predicted molar refractivity (Wildman–Crippen MR) is 82.2 cm³/mol. The van der Waals surface area contributed by atoms with Gasteiger partial charge in [-0.2, -0.15) is 0 Å². The molecule has 0 amide bonds. The second-order valence-corrected chi connectivity index (χ2v) is 6.40. The van der Waals surface area contributed by atoms with E-state index in [1.807, 2.05) is 6.07 Å². The summed E-state index contributed by atoms with van der Waals surface area (Å²) in [4.78, 5) is 2.52. The summed E-state index contributed by atoms with van der Waals surface area (Å²) in [5.74, 6) is 0.686. The van der Waals surface area contributed by atoms with E-state index in [0.29, 0.717) is 6.54 Å². The number of benzene rings is 1. The van der Waals surface area contributed by atoms with Crippen LogP contribution in [0.4, 0.5) is 4.39 Å². The van der Waals surface area contributed by atoms with Crippen molar-refractivity contribution in [3.8, 4) is 0 Å². The Morgan fingerprint density at radius 3 is 2.70 bits per heavy atom. The molecule has 1 aromatic carbocycles. The Bertz CT molecular complexity index is 431. The van der Waals surface area contributed by atoms with Crippen molar-refractivity contribution in [3.05, 3.63) is 35.6 Å². The van der Waals surface area contributed by atoms with E-state index in [0.717, 1.165) is 37.4 Å². The maximum absolute atomic E-state index is 13.4. The normalized spacial score (nSPS) is 18.2. The van der Waals surface area contributed by atoms with Gasteiger partial charge in [-0.15, -0.1) is 0 Å². The lowest BCUT2D eigenvalue weighted by Gasteiger charge is -2.41. The molecule has 0 aromatic heterocycles. The van der Waals surface area contributed by atoms with Gasteiger partial charge in [-0.25, -0.2) is 4.39 Å². The fourth-order valence-corrected chi connectivity index (χ4v) is 2.86. The predicted octanol–water partition coefficient (Wildman–Crippen LogP) is 3.21. The van der Waals surface area contributed by atoms with Gasteiger partial charge in [-0.05, 0) is 62.8 Å². The van der Waals surface area contributed by atoms with E-state index >= 15 is 0 Å². The SMILES string of the molecule is CCCN(CC1CC1)C(C)(CN)Cc1cccc(F)c1. The summed E-state index contributed by atoms with van der Waals surface area (Å²) in [7, 11) is 0. The molecule has 1 aliphatic rings. The molecule has 1 saturated carbocycles. The Morgan fingerprint density at radius 1 is 1.40 bits per heavy atom. The lowest BCUT2D eigenvalue weighted by molar-refractivity contribution is 0.104. The van der Waals surface area contributed by atoms with Crippen LogP contribution in [0.25, 0.3) is 0 Å². The molecule has 0 spiro atoms. The van der Waals surface area contributed by atoms with E-state index in [2.05, 4.69) is 18.7 Å². The van der Waals surface area contributed by atoms with Crippen molar-refractivity contribution in [3.63, 3.8) is 0 Å². The number of nitrogens with two attached hydrogens (primary N) is 1. The minimum Gasteiger partial charge on any atom is -0.329 e. The second kappa shape index (κ2) is 6.68. The third-order valence-electron chi connectivity index (χ3n) is 4.35. The zero-order valence-electron chi connectivity index (χ0n) is 12.7. The maximum atomic E-state index is 13.4. The highest BCUT2D eigenvalue weighted by Gasteiger charge is 2.34. The van der Waals surface area contributed by atoms with E-state index in [1.165, 1.54) is 18.9 Å². The minimum absolute atomic E-state index is 0.0770. The molecule has 1 aromatic rings. The first-order chi connectivity index (χ1) is 9.57. The third kappa shape index (κ3) is 4.03. The Labute approximate surface area is 122 Å². The lowest BCUT2D eigenvalue weighted by Crippen LogP contribution is -2.54. The Kier molecular flexibility index (Phi) is 5.17. The number of rotatable bonds is 8. The average molecular weight is 278 g/mol. The van der Waals surface area contributed by atoms with Gasteiger partial charge in [0.2, 0.25) is 0 Å². The van der Waals surface area contributed by atoms with Crippen molar-refractivity contribution in [1.29, 1.82) is 0 Å². The molecule has 0 heterocycles. The average Bonchev–Trinajstić information content (AvgIpc) is 3.22. The van der Waals surface area contributed by atoms with E-state index in [4.69, 9.17) is 5.73 Å². The molecule has 3 heteroatoms. The molecule has 112 valence electrons. The van der Waals surface area contributed by atoms with E-state index in [1.54, 1.807) is 12.1 Å². The van der Waals surface area contributed by atoms with Crippen molar-refractivity contribution in [2.24, 2.45) is 11.7 Å². The highest BCUT2D eigenvalue weighted by Crippen LogP contribution is 2.33. The standard InChI is InChI=1S/C17H27FN2/c1-3-9-20(12-14-7-8-14)17(2,13-19)11-15-5-4-6-16(18)10-15/h4-6,10,14H,3,7-9,11-13,19H2,1-2H3. The molecule has 2 nitrogen and oxygen atoms in total. The summed E-state index contributed by atoms with van der Waals surface area (Å²) in [5, 5.41) is 0. The van der Waals surface area contributed by atoms with Gasteiger partial charge in [-0.3, -0.25) is 4.90 Å². The van der Waals surface area contributed by atoms with Gasteiger partial charge < -0.3 is 5.73 Å². The number of nitrogens with zero attached hydrogens (tertiary/aromatic N) is 1. The number of hydrogen-bond donors (Lipinski definition) is 1. The van der Waals surface area contributed by atoms with E-state index in [9.17, 15) is 4.39 Å². The molecule has 1 unspecified atom stereocenters. The molecule has 1 aliphatic carbocycles. The van der Waals surface area contributed by atoms with Crippen LogP contribution >= 0.6 is 0 Å². The van der Waals surface area contributed by atoms with E-state index in [-0.39, 0.29) is 11.4 Å². The van der Waals surface area contributed by atoms with Gasteiger partial charge in [-0.1, -0.05) is 19.1 Å². The van der Waals surface area contributed by atoms with Crippen LogP contribution in [0.15, 0.2) is 24.3 Å². The van der Waals surface area contributed by atoms with Crippen LogP contribution < -0.4 is 5.73 Å². The Morgan fingerprint density at radius 2 is 2.15 bits per heavy atom. The first kappa shape index (κ1) is 15.5. The summed E-state index contributed by atoms with van der Waals surface area (Å²) in [6.45, 7) is 7.24. The highest BCUT2D eigenvalue weighted by atomic mass is 19.1. The van der Waals surface area contributed by atoms with Crippen molar-refractivity contribution in [2.75, 3.05) is 19.6 Å². The molecule has 2 rings (SSSR count). The molecule has 0 bridgehead atoms. The first-order valence-corrected chi connectivity index (χ1v) is 7.77. The van der Waals surface area contributed by atoms with Crippen LogP contribution in [-0.4, -0.2) is 30.1 Å². The van der Waals surface area contributed by atoms with Crippen LogP contribution in [0.2, 0.25) is 0 Å². The van der Waals surface area contributed by atoms with Gasteiger partial charge in [0, 0.05) is 18.6 Å². The highest BCUT2D eigenvalue weighted by molar-refractivity contribution is 5.19. The van der Waals surface area contributed by atoms with Crippen LogP contribution in [0.3, 0.4) is 0 Å². The summed E-state index contributed by atoms with van der Waals surface area (Å²) < 4.78 is 13.4. The van der Waals surface area contributed by atoms with Crippen molar-refractivity contribution >= 4 is 0 Å². The molecule has 2 N–H and O–H groups in total. The largest absolute Gasteiger partial charge is 0.329 e. The fraction of sp³-hybridized carbons (Fsp3) is 0.647. The molecule has 0 radical (unpaired) electrons. The molecule has 20 heavy (non-hydrogen) atoms. The molecule has 1 atom stereocenters. The summed E-state index contributed by atoms with van der Waals surface area (Å²) in [6, 6.07) is 6.91. The van der Waals surface area contributed by atoms with Crippen LogP contribution in [-0.2, 0) is 6.42 Å². The quantitative estimate of drug-likeness (QED) is 0.791. The summed E-state index contributed by atoms with van der Waals surface area (Å²) >= 11 is 0. The van der Waals surface area contributed by atoms with Crippen molar-refractivity contribution in [2.45, 2.75) is 45.1 Å². The first-order valence-electron chi connectivity index (χ1n) is 7.77. The van der Waals surface area contributed by atoms with Gasteiger partial charge in [0.25, 0.3) is 0 Å². The topological polar surface area (TPSA) is 29.3 Å². The van der Waals surface area contributed by atoms with Crippen LogP contribution in [0, 0.1) is 11.7 Å². The van der Waals surface area contributed by atoms with Crippen molar-refractivity contribution in [1.82, 2.24) is 4.90 Å². The summed E-state index contributed by atoms with van der Waals surface area (Å²) in [5.41, 5.74) is 7.04. The fourth-order valence-electron chi connectivity index (χ4n) is 2.86. The Balaban J connectivity index is 2.11. The smallest absolute Gasteiger partial charge is 0.123 e. The Hall–Kier alpha value is -0.930. The molecular formula is C17H27FN2. The van der Waals surface area contributed by atoms with Crippen LogP contribution in [0.5, 0.6) is 0 Å². The molecule has 0 aliphatic heterocycles. The van der Waals surface area contributed by atoms with Gasteiger partial charge >= 0.3 is 0 Å². The zero-order chi connectivity index (χ0) is 14.6. The third-order valence-corrected chi connectivity index (χ3v) is 4.35. The van der Waals surface area contributed by atoms with Crippen molar-refractivity contribution < 1.29 is 4.39 Å². The zero-order valence-corrected chi connectivity index (χ0v) is 12.7. The number of hydrogen-bond acceptors (Lipinski definition) is 2. The summed E-state index contributed by atoms with van der Waals surface area (Å²) in [6.07, 6.45) is 4.64. The van der Waals surface area contributed by atoms with Crippen LogP contribution in [0.1, 0.15) is 38.7 Å². The van der Waals surface area contributed by atoms with Gasteiger partial charge in [0.05, 0.1) is 0 Å². The molecular weight excluding hydrogens is 251 g/mol. The monoisotopic (exact) mass is 278 g/mol. The molecule has 1 fully saturated rings. The molecule has 0 saturated heterocycles. The lowest BCUT2D eigenvalue weighted by atomic mass is 9.90. The number of halogens is 1.